The Morgan fingerprint density at radius 3 is 2.76 bits per heavy atom. The minimum absolute atomic E-state index is 0.00753. The molecule has 1 saturated carbocycles. The molecular formula is C12H11ClN2O2. The number of fused-ring (bicyclic) bond motifs is 1. The topological polar surface area (TPSA) is 55.2 Å². The third-order valence-electron chi connectivity index (χ3n) is 2.91. The van der Waals surface area contributed by atoms with E-state index in [-0.39, 0.29) is 5.88 Å². The van der Waals surface area contributed by atoms with E-state index in [0.29, 0.717) is 33.4 Å². The molecule has 0 atom stereocenters. The number of aromatic hydroxyl groups is 1. The van der Waals surface area contributed by atoms with Gasteiger partial charge in [-0.3, -0.25) is 0 Å². The number of hydrogen-bond acceptors (Lipinski definition) is 4. The summed E-state index contributed by atoms with van der Waals surface area (Å²) < 4.78 is 5.10. The zero-order valence-corrected chi connectivity index (χ0v) is 10.0. The van der Waals surface area contributed by atoms with Crippen molar-refractivity contribution >= 4 is 22.5 Å². The second-order valence-corrected chi connectivity index (χ2v) is 4.59. The van der Waals surface area contributed by atoms with Gasteiger partial charge in [0, 0.05) is 5.92 Å². The molecule has 0 saturated heterocycles. The van der Waals surface area contributed by atoms with Crippen LogP contribution in [-0.2, 0) is 0 Å². The lowest BCUT2D eigenvalue weighted by Crippen LogP contribution is -1.94. The van der Waals surface area contributed by atoms with Crippen LogP contribution in [0.2, 0.25) is 5.02 Å². The van der Waals surface area contributed by atoms with Gasteiger partial charge in [-0.05, 0) is 25.0 Å². The summed E-state index contributed by atoms with van der Waals surface area (Å²) >= 11 is 6.04. The van der Waals surface area contributed by atoms with Crippen LogP contribution in [0.5, 0.6) is 11.6 Å². The molecule has 1 aromatic heterocycles. The monoisotopic (exact) mass is 250 g/mol. The molecule has 4 nitrogen and oxygen atoms in total. The van der Waals surface area contributed by atoms with Crippen molar-refractivity contribution in [2.75, 3.05) is 7.11 Å². The van der Waals surface area contributed by atoms with Gasteiger partial charge in [-0.2, -0.15) is 4.98 Å². The van der Waals surface area contributed by atoms with E-state index < -0.39 is 0 Å². The molecule has 0 unspecified atom stereocenters. The van der Waals surface area contributed by atoms with E-state index in [2.05, 4.69) is 9.97 Å². The summed E-state index contributed by atoms with van der Waals surface area (Å²) in [6, 6.07) is 3.35. The van der Waals surface area contributed by atoms with Crippen molar-refractivity contribution in [2.24, 2.45) is 0 Å². The van der Waals surface area contributed by atoms with Gasteiger partial charge in [0.25, 0.3) is 0 Å². The maximum atomic E-state index is 9.89. The van der Waals surface area contributed by atoms with Crippen molar-refractivity contribution in [2.45, 2.75) is 18.8 Å². The Balaban J connectivity index is 2.24. The minimum atomic E-state index is -0.00753. The number of aromatic nitrogens is 2. The van der Waals surface area contributed by atoms with Crippen molar-refractivity contribution in [3.8, 4) is 11.6 Å². The molecule has 17 heavy (non-hydrogen) atoms. The van der Waals surface area contributed by atoms with Crippen molar-refractivity contribution < 1.29 is 9.84 Å². The van der Waals surface area contributed by atoms with Gasteiger partial charge in [0.1, 0.15) is 11.6 Å². The standard InChI is InChI=1S/C12H11ClN2O2/c1-17-10-4-7-9(5-8(10)13)14-11(6-2-3-6)15-12(7)16/h4-6H,2-3H2,1H3,(H,14,15,16). The Morgan fingerprint density at radius 2 is 2.12 bits per heavy atom. The van der Waals surface area contributed by atoms with Crippen LogP contribution in [0.4, 0.5) is 0 Å². The Kier molecular flexibility index (Phi) is 2.33. The molecule has 3 rings (SSSR count). The Hall–Kier alpha value is -1.55. The molecule has 0 amide bonds. The van der Waals surface area contributed by atoms with Gasteiger partial charge in [-0.1, -0.05) is 11.6 Å². The first-order chi connectivity index (χ1) is 8.19. The molecule has 0 spiro atoms. The Bertz CT molecular complexity index is 597. The molecule has 1 N–H and O–H groups in total. The number of methoxy groups -OCH3 is 1. The predicted octanol–water partition coefficient (Wildman–Crippen LogP) is 2.87. The zero-order chi connectivity index (χ0) is 12.0. The van der Waals surface area contributed by atoms with E-state index in [4.69, 9.17) is 16.3 Å². The number of rotatable bonds is 2. The first-order valence-corrected chi connectivity index (χ1v) is 5.81. The lowest BCUT2D eigenvalue weighted by Gasteiger charge is -2.07. The van der Waals surface area contributed by atoms with Crippen LogP contribution in [0.25, 0.3) is 10.9 Å². The van der Waals surface area contributed by atoms with Crippen LogP contribution in [-0.4, -0.2) is 22.2 Å². The van der Waals surface area contributed by atoms with Crippen LogP contribution in [0.1, 0.15) is 24.6 Å². The van der Waals surface area contributed by atoms with Crippen LogP contribution in [0, 0.1) is 0 Å². The van der Waals surface area contributed by atoms with Crippen molar-refractivity contribution in [1.82, 2.24) is 9.97 Å². The second-order valence-electron chi connectivity index (χ2n) is 4.18. The van der Waals surface area contributed by atoms with Gasteiger partial charge in [0.2, 0.25) is 5.88 Å². The van der Waals surface area contributed by atoms with E-state index in [9.17, 15) is 5.11 Å². The van der Waals surface area contributed by atoms with E-state index >= 15 is 0 Å². The predicted molar refractivity (Wildman–Crippen MR) is 64.7 cm³/mol. The number of nitrogens with zero attached hydrogens (tertiary/aromatic N) is 2. The van der Waals surface area contributed by atoms with E-state index in [0.717, 1.165) is 12.8 Å². The van der Waals surface area contributed by atoms with Gasteiger partial charge < -0.3 is 9.84 Å². The number of hydrogen-bond donors (Lipinski definition) is 1. The fraction of sp³-hybridized carbons (Fsp3) is 0.333. The largest absolute Gasteiger partial charge is 0.495 e. The molecule has 5 heteroatoms. The highest BCUT2D eigenvalue weighted by molar-refractivity contribution is 6.32. The lowest BCUT2D eigenvalue weighted by atomic mass is 10.2. The highest BCUT2D eigenvalue weighted by Gasteiger charge is 2.27. The third-order valence-corrected chi connectivity index (χ3v) is 3.20. The highest BCUT2D eigenvalue weighted by atomic mass is 35.5. The lowest BCUT2D eigenvalue weighted by molar-refractivity contribution is 0.415. The summed E-state index contributed by atoms with van der Waals surface area (Å²) in [5, 5.41) is 10.9. The average molecular weight is 251 g/mol. The Labute approximate surface area is 103 Å². The third kappa shape index (κ3) is 1.78. The molecule has 1 aliphatic carbocycles. The summed E-state index contributed by atoms with van der Waals surface area (Å²) in [6.07, 6.45) is 2.18. The van der Waals surface area contributed by atoms with Crippen LogP contribution < -0.4 is 4.74 Å². The van der Waals surface area contributed by atoms with Gasteiger partial charge in [0.15, 0.2) is 0 Å². The maximum absolute atomic E-state index is 9.89. The molecule has 1 fully saturated rings. The minimum Gasteiger partial charge on any atom is -0.495 e. The van der Waals surface area contributed by atoms with Crippen molar-refractivity contribution in [3.05, 3.63) is 23.0 Å². The van der Waals surface area contributed by atoms with E-state index in [1.807, 2.05) is 0 Å². The number of ether oxygens (including phenoxy) is 1. The summed E-state index contributed by atoms with van der Waals surface area (Å²) in [7, 11) is 1.53. The fourth-order valence-corrected chi connectivity index (χ4v) is 2.05. The maximum Gasteiger partial charge on any atom is 0.222 e. The fourth-order valence-electron chi connectivity index (χ4n) is 1.81. The van der Waals surface area contributed by atoms with Crippen LogP contribution in [0.15, 0.2) is 12.1 Å². The molecule has 1 heterocycles. The van der Waals surface area contributed by atoms with Gasteiger partial charge in [-0.25, -0.2) is 4.98 Å². The molecule has 88 valence electrons. The zero-order valence-electron chi connectivity index (χ0n) is 9.27. The van der Waals surface area contributed by atoms with E-state index in [1.54, 1.807) is 12.1 Å². The molecule has 2 aromatic rings. The average Bonchev–Trinajstić information content (AvgIpc) is 3.11. The van der Waals surface area contributed by atoms with Crippen LogP contribution >= 0.6 is 11.6 Å². The SMILES string of the molecule is COc1cc2c(O)nc(C3CC3)nc2cc1Cl. The molecule has 0 radical (unpaired) electrons. The first kappa shape index (κ1) is 10.6. The van der Waals surface area contributed by atoms with Gasteiger partial charge in [0.05, 0.1) is 23.0 Å². The summed E-state index contributed by atoms with van der Waals surface area (Å²) in [6.45, 7) is 0. The molecule has 0 bridgehead atoms. The quantitative estimate of drug-likeness (QED) is 0.891. The van der Waals surface area contributed by atoms with Crippen molar-refractivity contribution in [1.29, 1.82) is 0 Å². The normalized spacial score (nSPS) is 15.2. The van der Waals surface area contributed by atoms with Gasteiger partial charge in [-0.15, -0.1) is 0 Å². The molecule has 1 aromatic carbocycles. The second kappa shape index (κ2) is 3.74. The van der Waals surface area contributed by atoms with E-state index in [1.165, 1.54) is 7.11 Å². The van der Waals surface area contributed by atoms with Crippen LogP contribution in [0.3, 0.4) is 0 Å². The number of benzene rings is 1. The molecule has 0 aliphatic heterocycles. The van der Waals surface area contributed by atoms with Crippen molar-refractivity contribution in [3.63, 3.8) is 0 Å². The Morgan fingerprint density at radius 1 is 1.35 bits per heavy atom. The molecule has 1 aliphatic rings. The smallest absolute Gasteiger partial charge is 0.222 e. The molecular weight excluding hydrogens is 240 g/mol. The summed E-state index contributed by atoms with van der Waals surface area (Å²) in [5.74, 6) is 1.60. The highest BCUT2D eigenvalue weighted by Crippen LogP contribution is 2.40. The number of halogens is 1. The first-order valence-electron chi connectivity index (χ1n) is 5.43. The summed E-state index contributed by atoms with van der Waals surface area (Å²) in [5.41, 5.74) is 0.658. The summed E-state index contributed by atoms with van der Waals surface area (Å²) in [4.78, 5) is 8.54. The van der Waals surface area contributed by atoms with Gasteiger partial charge >= 0.3 is 0 Å².